The van der Waals surface area contributed by atoms with Gasteiger partial charge in [0.2, 0.25) is 0 Å². The van der Waals surface area contributed by atoms with E-state index in [4.69, 9.17) is 14.2 Å². The van der Waals surface area contributed by atoms with Crippen LogP contribution in [0.4, 0.5) is 5.69 Å². The van der Waals surface area contributed by atoms with Crippen molar-refractivity contribution >= 4 is 23.7 Å². The molecule has 0 aliphatic carbocycles. The van der Waals surface area contributed by atoms with Gasteiger partial charge in [0, 0.05) is 11.8 Å². The first-order valence-electron chi connectivity index (χ1n) is 7.58. The molecule has 2 aromatic carbocycles. The third kappa shape index (κ3) is 4.97. The molecule has 136 valence electrons. The van der Waals surface area contributed by atoms with E-state index in [1.165, 1.54) is 27.5 Å². The van der Waals surface area contributed by atoms with Gasteiger partial charge in [-0.2, -0.15) is 5.10 Å². The number of hydrazone groups is 1. The zero-order valence-corrected chi connectivity index (χ0v) is 14.6. The number of nitrogens with one attached hydrogen (secondary N) is 2. The van der Waals surface area contributed by atoms with Gasteiger partial charge in [-0.15, -0.1) is 0 Å². The number of methoxy groups -OCH3 is 3. The van der Waals surface area contributed by atoms with Crippen molar-refractivity contribution in [2.45, 2.75) is 0 Å². The molecule has 0 atom stereocenters. The minimum absolute atomic E-state index is 0.438. The van der Waals surface area contributed by atoms with Crippen LogP contribution in [0.15, 0.2) is 47.6 Å². The van der Waals surface area contributed by atoms with Crippen LogP contribution in [0.1, 0.15) is 5.56 Å². The van der Waals surface area contributed by atoms with Gasteiger partial charge in [0.25, 0.3) is 0 Å². The van der Waals surface area contributed by atoms with Gasteiger partial charge in [0.1, 0.15) is 5.75 Å². The predicted octanol–water partition coefficient (Wildman–Crippen LogP) is 1.80. The predicted molar refractivity (Wildman–Crippen MR) is 96.9 cm³/mol. The Morgan fingerprint density at radius 1 is 0.923 bits per heavy atom. The Labute approximate surface area is 150 Å². The molecule has 2 N–H and O–H groups in total. The third-order valence-corrected chi connectivity index (χ3v) is 3.32. The summed E-state index contributed by atoms with van der Waals surface area (Å²) in [6, 6.07) is 11.8. The minimum Gasteiger partial charge on any atom is -0.497 e. The quantitative estimate of drug-likeness (QED) is 0.467. The lowest BCUT2D eigenvalue weighted by molar-refractivity contribution is -0.136. The molecule has 0 aromatic heterocycles. The lowest BCUT2D eigenvalue weighted by atomic mass is 10.2. The van der Waals surface area contributed by atoms with Crippen molar-refractivity contribution in [1.82, 2.24) is 5.43 Å². The van der Waals surface area contributed by atoms with Crippen LogP contribution in [-0.4, -0.2) is 39.4 Å². The van der Waals surface area contributed by atoms with E-state index in [1.807, 2.05) is 0 Å². The molecule has 0 heterocycles. The second kappa shape index (κ2) is 9.07. The maximum atomic E-state index is 11.9. The van der Waals surface area contributed by atoms with E-state index in [1.54, 1.807) is 42.5 Å². The van der Waals surface area contributed by atoms with E-state index >= 15 is 0 Å². The number of hydrogen-bond acceptors (Lipinski definition) is 6. The van der Waals surface area contributed by atoms with E-state index in [-0.39, 0.29) is 0 Å². The number of ether oxygens (including phenoxy) is 3. The monoisotopic (exact) mass is 357 g/mol. The fourth-order valence-electron chi connectivity index (χ4n) is 2.04. The van der Waals surface area contributed by atoms with Crippen molar-refractivity contribution in [3.8, 4) is 17.2 Å². The molecule has 0 radical (unpaired) electrons. The molecule has 0 aliphatic rings. The van der Waals surface area contributed by atoms with Crippen LogP contribution < -0.4 is 25.0 Å². The summed E-state index contributed by atoms with van der Waals surface area (Å²) >= 11 is 0. The maximum Gasteiger partial charge on any atom is 0.329 e. The Morgan fingerprint density at radius 2 is 1.69 bits per heavy atom. The highest BCUT2D eigenvalue weighted by atomic mass is 16.5. The highest BCUT2D eigenvalue weighted by molar-refractivity contribution is 6.39. The molecule has 2 aromatic rings. The lowest BCUT2D eigenvalue weighted by Crippen LogP contribution is -2.32. The molecule has 26 heavy (non-hydrogen) atoms. The second-order valence-electron chi connectivity index (χ2n) is 5.00. The van der Waals surface area contributed by atoms with E-state index in [0.717, 1.165) is 0 Å². The highest BCUT2D eigenvalue weighted by Crippen LogP contribution is 2.26. The van der Waals surface area contributed by atoms with Crippen molar-refractivity contribution < 1.29 is 23.8 Å². The van der Waals surface area contributed by atoms with Gasteiger partial charge in [-0.25, -0.2) is 5.43 Å². The Bertz CT molecular complexity index is 820. The Morgan fingerprint density at radius 3 is 2.38 bits per heavy atom. The third-order valence-electron chi connectivity index (χ3n) is 3.32. The highest BCUT2D eigenvalue weighted by Gasteiger charge is 2.13. The molecule has 0 bridgehead atoms. The van der Waals surface area contributed by atoms with Crippen LogP contribution in [0.2, 0.25) is 0 Å². The van der Waals surface area contributed by atoms with Crippen molar-refractivity contribution in [2.75, 3.05) is 26.6 Å². The number of rotatable bonds is 6. The van der Waals surface area contributed by atoms with Crippen LogP contribution in [0, 0.1) is 0 Å². The van der Waals surface area contributed by atoms with Crippen molar-refractivity contribution in [1.29, 1.82) is 0 Å². The number of nitrogens with zero attached hydrogens (tertiary/aromatic N) is 1. The van der Waals surface area contributed by atoms with Gasteiger partial charge >= 0.3 is 11.8 Å². The van der Waals surface area contributed by atoms with Crippen LogP contribution >= 0.6 is 0 Å². The largest absolute Gasteiger partial charge is 0.497 e. The molecule has 8 heteroatoms. The Balaban J connectivity index is 1.94. The van der Waals surface area contributed by atoms with Crippen LogP contribution in [0.25, 0.3) is 0 Å². The normalized spacial score (nSPS) is 10.3. The van der Waals surface area contributed by atoms with Gasteiger partial charge in [-0.05, 0) is 35.9 Å². The van der Waals surface area contributed by atoms with E-state index < -0.39 is 11.8 Å². The average molecular weight is 357 g/mol. The van der Waals surface area contributed by atoms with Gasteiger partial charge in [0.15, 0.2) is 11.5 Å². The number of benzene rings is 2. The molecule has 0 saturated carbocycles. The Kier molecular flexibility index (Phi) is 6.55. The first-order chi connectivity index (χ1) is 12.6. The average Bonchev–Trinajstić information content (AvgIpc) is 2.67. The molecule has 0 saturated heterocycles. The van der Waals surface area contributed by atoms with E-state index in [2.05, 4.69) is 15.8 Å². The number of amides is 2. The zero-order valence-electron chi connectivity index (χ0n) is 14.6. The summed E-state index contributed by atoms with van der Waals surface area (Å²) in [7, 11) is 4.56. The molecule has 0 aliphatic heterocycles. The van der Waals surface area contributed by atoms with Crippen molar-refractivity contribution in [2.24, 2.45) is 5.10 Å². The number of carbonyl (C=O) groups is 2. The van der Waals surface area contributed by atoms with Crippen LogP contribution in [0.3, 0.4) is 0 Å². The smallest absolute Gasteiger partial charge is 0.329 e. The summed E-state index contributed by atoms with van der Waals surface area (Å²) in [6.07, 6.45) is 1.39. The number of anilines is 1. The molecule has 0 spiro atoms. The molecule has 2 amide bonds. The summed E-state index contributed by atoms with van der Waals surface area (Å²) in [4.78, 5) is 23.7. The summed E-state index contributed by atoms with van der Waals surface area (Å²) in [5.74, 6) is -0.0770. The summed E-state index contributed by atoms with van der Waals surface area (Å²) < 4.78 is 15.4. The molecule has 2 rings (SSSR count). The summed E-state index contributed by atoms with van der Waals surface area (Å²) in [5, 5.41) is 6.22. The molecular formula is C18H19N3O5. The van der Waals surface area contributed by atoms with Crippen molar-refractivity contribution in [3.05, 3.63) is 48.0 Å². The van der Waals surface area contributed by atoms with Gasteiger partial charge in [0.05, 0.1) is 27.5 Å². The van der Waals surface area contributed by atoms with Crippen LogP contribution in [0.5, 0.6) is 17.2 Å². The second-order valence-corrected chi connectivity index (χ2v) is 5.00. The molecule has 0 fully saturated rings. The number of carbonyl (C=O) groups excluding carboxylic acids is 2. The van der Waals surface area contributed by atoms with Gasteiger partial charge < -0.3 is 19.5 Å². The van der Waals surface area contributed by atoms with E-state index in [9.17, 15) is 9.59 Å². The Hall–Kier alpha value is -3.55. The van der Waals surface area contributed by atoms with Gasteiger partial charge in [-0.1, -0.05) is 6.07 Å². The fraction of sp³-hybridized carbons (Fsp3) is 0.167. The number of hydrogen-bond donors (Lipinski definition) is 2. The molecule has 0 unspecified atom stereocenters. The topological polar surface area (TPSA) is 98.2 Å². The first kappa shape index (κ1) is 18.8. The summed E-state index contributed by atoms with van der Waals surface area (Å²) in [6.45, 7) is 0. The zero-order chi connectivity index (χ0) is 18.9. The minimum atomic E-state index is -0.899. The molecular weight excluding hydrogens is 338 g/mol. The molecule has 8 nitrogen and oxygen atoms in total. The SMILES string of the molecule is COc1cccc(NC(=O)C(=O)N/N=C\c2ccc(OC)c(OC)c2)c1. The van der Waals surface area contributed by atoms with E-state index in [0.29, 0.717) is 28.5 Å². The standard InChI is InChI=1S/C18H19N3O5/c1-24-14-6-4-5-13(10-14)20-17(22)18(23)21-19-11-12-7-8-15(25-2)16(9-12)26-3/h4-11H,1-3H3,(H,20,22)(H,21,23)/b19-11-. The van der Waals surface area contributed by atoms with Gasteiger partial charge in [-0.3, -0.25) is 9.59 Å². The van der Waals surface area contributed by atoms with Crippen LogP contribution in [-0.2, 0) is 9.59 Å². The first-order valence-corrected chi connectivity index (χ1v) is 7.58. The fourth-order valence-corrected chi connectivity index (χ4v) is 2.04. The lowest BCUT2D eigenvalue weighted by Gasteiger charge is -2.07. The van der Waals surface area contributed by atoms with Crippen molar-refractivity contribution in [3.63, 3.8) is 0 Å². The summed E-state index contributed by atoms with van der Waals surface area (Å²) in [5.41, 5.74) is 3.26. The maximum absolute atomic E-state index is 11.9.